The van der Waals surface area contributed by atoms with Crippen molar-refractivity contribution in [1.82, 2.24) is 9.62 Å². The van der Waals surface area contributed by atoms with Gasteiger partial charge in [-0.25, -0.2) is 13.1 Å². The quantitative estimate of drug-likeness (QED) is 0.765. The van der Waals surface area contributed by atoms with Gasteiger partial charge in [-0.3, -0.25) is 0 Å². The summed E-state index contributed by atoms with van der Waals surface area (Å²) in [5, 5.41) is 0. The molecule has 0 atom stereocenters. The van der Waals surface area contributed by atoms with E-state index >= 15 is 0 Å². The first-order valence-electron chi connectivity index (χ1n) is 9.02. The van der Waals surface area contributed by atoms with Gasteiger partial charge in [0.1, 0.15) is 10.6 Å². The van der Waals surface area contributed by atoms with Gasteiger partial charge in [0.25, 0.3) is 0 Å². The highest BCUT2D eigenvalue weighted by molar-refractivity contribution is 7.89. The molecule has 134 valence electrons. The van der Waals surface area contributed by atoms with Crippen molar-refractivity contribution in [2.75, 3.05) is 33.3 Å². The standard InChI is InChI=1S/C18H28N2O3S/c1-23-17-13-15-7-2-3-8-16(15)14-18(17)24(21,22)19-9-6-12-20-10-4-5-11-20/h13-14,19H,2-12H2,1H3. The van der Waals surface area contributed by atoms with Crippen LogP contribution in [0.4, 0.5) is 0 Å². The molecule has 1 aromatic rings. The third-order valence-electron chi connectivity index (χ3n) is 5.06. The van der Waals surface area contributed by atoms with Crippen LogP contribution < -0.4 is 9.46 Å². The van der Waals surface area contributed by atoms with E-state index in [0.29, 0.717) is 12.3 Å². The van der Waals surface area contributed by atoms with Crippen molar-refractivity contribution in [1.29, 1.82) is 0 Å². The SMILES string of the molecule is COc1cc2c(cc1S(=O)(=O)NCCCN1CCCC1)CCCC2. The van der Waals surface area contributed by atoms with Crippen LogP contribution in [0.5, 0.6) is 5.75 Å². The molecule has 0 aromatic heterocycles. The highest BCUT2D eigenvalue weighted by atomic mass is 32.2. The zero-order valence-corrected chi connectivity index (χ0v) is 15.3. The molecule has 1 aliphatic carbocycles. The molecule has 3 rings (SSSR count). The molecule has 1 aliphatic heterocycles. The number of benzene rings is 1. The van der Waals surface area contributed by atoms with Crippen molar-refractivity contribution in [3.8, 4) is 5.75 Å². The lowest BCUT2D eigenvalue weighted by Crippen LogP contribution is -2.29. The zero-order chi connectivity index (χ0) is 17.0. The van der Waals surface area contributed by atoms with Gasteiger partial charge in [-0.05, 0) is 87.8 Å². The molecule has 0 radical (unpaired) electrons. The molecule has 0 spiro atoms. The lowest BCUT2D eigenvalue weighted by atomic mass is 9.92. The van der Waals surface area contributed by atoms with Gasteiger partial charge in [0, 0.05) is 6.54 Å². The molecular formula is C18H28N2O3S. The fraction of sp³-hybridized carbons (Fsp3) is 0.667. The molecule has 5 nitrogen and oxygen atoms in total. The Morgan fingerprint density at radius 1 is 1.08 bits per heavy atom. The van der Waals surface area contributed by atoms with E-state index in [4.69, 9.17) is 4.74 Å². The second kappa shape index (κ2) is 7.85. The molecule has 0 saturated carbocycles. The lowest BCUT2D eigenvalue weighted by molar-refractivity contribution is 0.334. The van der Waals surface area contributed by atoms with E-state index in [0.717, 1.165) is 57.3 Å². The Hall–Kier alpha value is -1.11. The zero-order valence-electron chi connectivity index (χ0n) is 14.5. The summed E-state index contributed by atoms with van der Waals surface area (Å²) in [7, 11) is -1.99. The van der Waals surface area contributed by atoms with Gasteiger partial charge in [0.2, 0.25) is 10.0 Å². The van der Waals surface area contributed by atoms with Crippen molar-refractivity contribution >= 4 is 10.0 Å². The average molecular weight is 353 g/mol. The van der Waals surface area contributed by atoms with Crippen LogP contribution in [0.3, 0.4) is 0 Å². The summed E-state index contributed by atoms with van der Waals surface area (Å²) in [5.74, 6) is 0.461. The second-order valence-corrected chi connectivity index (χ2v) is 8.51. The van der Waals surface area contributed by atoms with Gasteiger partial charge in [0.15, 0.2) is 0 Å². The van der Waals surface area contributed by atoms with Crippen LogP contribution in [0.2, 0.25) is 0 Å². The predicted molar refractivity (Wildman–Crippen MR) is 95.1 cm³/mol. The number of hydrogen-bond acceptors (Lipinski definition) is 4. The van der Waals surface area contributed by atoms with Crippen LogP contribution in [0.15, 0.2) is 17.0 Å². The van der Waals surface area contributed by atoms with Crippen molar-refractivity contribution < 1.29 is 13.2 Å². The van der Waals surface area contributed by atoms with Crippen LogP contribution in [-0.2, 0) is 22.9 Å². The topological polar surface area (TPSA) is 58.6 Å². The van der Waals surface area contributed by atoms with E-state index in [1.54, 1.807) is 0 Å². The van der Waals surface area contributed by atoms with Crippen molar-refractivity contribution in [2.24, 2.45) is 0 Å². The number of rotatable bonds is 7. The molecule has 0 unspecified atom stereocenters. The van der Waals surface area contributed by atoms with Crippen LogP contribution >= 0.6 is 0 Å². The normalized spacial score (nSPS) is 18.5. The Morgan fingerprint density at radius 3 is 2.42 bits per heavy atom. The van der Waals surface area contributed by atoms with Gasteiger partial charge in [-0.2, -0.15) is 0 Å². The molecule has 1 fully saturated rings. The monoisotopic (exact) mass is 352 g/mol. The van der Waals surface area contributed by atoms with Gasteiger partial charge >= 0.3 is 0 Å². The summed E-state index contributed by atoms with van der Waals surface area (Å²) in [6, 6.07) is 3.73. The van der Waals surface area contributed by atoms with E-state index in [9.17, 15) is 8.42 Å². The average Bonchev–Trinajstić information content (AvgIpc) is 3.11. The summed E-state index contributed by atoms with van der Waals surface area (Å²) >= 11 is 0. The van der Waals surface area contributed by atoms with Crippen LogP contribution in [-0.4, -0.2) is 46.6 Å². The number of likely N-dealkylation sites (tertiary alicyclic amines) is 1. The number of methoxy groups -OCH3 is 1. The highest BCUT2D eigenvalue weighted by Gasteiger charge is 2.23. The summed E-state index contributed by atoms with van der Waals surface area (Å²) < 4.78 is 33.5. The molecule has 6 heteroatoms. The number of nitrogens with zero attached hydrogens (tertiary/aromatic N) is 1. The molecule has 1 heterocycles. The molecule has 1 N–H and O–H groups in total. The Balaban J connectivity index is 1.66. The van der Waals surface area contributed by atoms with Gasteiger partial charge in [0.05, 0.1) is 7.11 Å². The Kier molecular flexibility index (Phi) is 5.79. The number of ether oxygens (including phenoxy) is 1. The minimum Gasteiger partial charge on any atom is -0.495 e. The van der Waals surface area contributed by atoms with Crippen molar-refractivity contribution in [3.05, 3.63) is 23.3 Å². The van der Waals surface area contributed by atoms with Crippen LogP contribution in [0.1, 0.15) is 43.2 Å². The third kappa shape index (κ3) is 4.10. The number of nitrogens with one attached hydrogen (secondary N) is 1. The maximum absolute atomic E-state index is 12.7. The molecule has 1 aromatic carbocycles. The van der Waals surface area contributed by atoms with Gasteiger partial charge < -0.3 is 9.64 Å². The Labute approximate surface area is 145 Å². The Morgan fingerprint density at radius 2 is 1.75 bits per heavy atom. The Bertz CT molecular complexity index is 667. The minimum atomic E-state index is -3.53. The van der Waals surface area contributed by atoms with E-state index in [2.05, 4.69) is 9.62 Å². The number of aryl methyl sites for hydroxylation is 2. The van der Waals surface area contributed by atoms with Gasteiger partial charge in [-0.1, -0.05) is 0 Å². The van der Waals surface area contributed by atoms with Crippen LogP contribution in [0, 0.1) is 0 Å². The molecule has 24 heavy (non-hydrogen) atoms. The summed E-state index contributed by atoms with van der Waals surface area (Å²) in [5.41, 5.74) is 2.38. The third-order valence-corrected chi connectivity index (χ3v) is 6.54. The van der Waals surface area contributed by atoms with E-state index < -0.39 is 10.0 Å². The molecule has 2 aliphatic rings. The number of fused-ring (bicyclic) bond motifs is 1. The summed E-state index contributed by atoms with van der Waals surface area (Å²) in [6.07, 6.45) is 7.62. The first kappa shape index (κ1) is 17.7. The van der Waals surface area contributed by atoms with Crippen molar-refractivity contribution in [3.63, 3.8) is 0 Å². The van der Waals surface area contributed by atoms with Crippen molar-refractivity contribution in [2.45, 2.75) is 49.8 Å². The fourth-order valence-electron chi connectivity index (χ4n) is 3.70. The number of hydrogen-bond donors (Lipinski definition) is 1. The predicted octanol–water partition coefficient (Wildman–Crippen LogP) is 2.34. The smallest absolute Gasteiger partial charge is 0.244 e. The highest BCUT2D eigenvalue weighted by Crippen LogP contribution is 2.31. The summed E-state index contributed by atoms with van der Waals surface area (Å²) in [6.45, 7) is 3.72. The van der Waals surface area contributed by atoms with Gasteiger partial charge in [-0.15, -0.1) is 0 Å². The first-order valence-corrected chi connectivity index (χ1v) is 10.5. The van der Waals surface area contributed by atoms with E-state index in [1.807, 2.05) is 12.1 Å². The minimum absolute atomic E-state index is 0.284. The van der Waals surface area contributed by atoms with E-state index in [1.165, 1.54) is 25.5 Å². The second-order valence-electron chi connectivity index (χ2n) is 6.78. The molecule has 0 amide bonds. The number of sulfonamides is 1. The first-order chi connectivity index (χ1) is 11.6. The molecule has 0 bridgehead atoms. The molecule has 1 saturated heterocycles. The van der Waals surface area contributed by atoms with Crippen LogP contribution in [0.25, 0.3) is 0 Å². The largest absolute Gasteiger partial charge is 0.495 e. The fourth-order valence-corrected chi connectivity index (χ4v) is 4.98. The maximum Gasteiger partial charge on any atom is 0.244 e. The lowest BCUT2D eigenvalue weighted by Gasteiger charge is -2.19. The maximum atomic E-state index is 12.7. The summed E-state index contributed by atoms with van der Waals surface area (Å²) in [4.78, 5) is 2.68. The van der Waals surface area contributed by atoms with E-state index in [-0.39, 0.29) is 4.90 Å². The molecular weight excluding hydrogens is 324 g/mol.